The molecule has 4 nitrogen and oxygen atoms in total. The van der Waals surface area contributed by atoms with Gasteiger partial charge in [-0.1, -0.05) is 25.0 Å². The van der Waals surface area contributed by atoms with Crippen molar-refractivity contribution in [3.8, 4) is 11.5 Å². The van der Waals surface area contributed by atoms with Crippen molar-refractivity contribution in [2.45, 2.75) is 45.3 Å². The van der Waals surface area contributed by atoms with E-state index in [2.05, 4.69) is 5.32 Å². The molecule has 25 heavy (non-hydrogen) atoms. The van der Waals surface area contributed by atoms with E-state index in [9.17, 15) is 4.79 Å². The molecule has 4 heteroatoms. The fraction of sp³-hybridized carbons (Fsp3) is 0.381. The summed E-state index contributed by atoms with van der Waals surface area (Å²) in [5, 5.41) is 3.12. The number of carbonyl (C=O) groups excluding carboxylic acids is 1. The Morgan fingerprint density at radius 3 is 2.68 bits per heavy atom. The zero-order valence-corrected chi connectivity index (χ0v) is 14.9. The van der Waals surface area contributed by atoms with Gasteiger partial charge < -0.3 is 14.8 Å². The zero-order chi connectivity index (χ0) is 17.6. The van der Waals surface area contributed by atoms with E-state index in [1.165, 1.54) is 12.8 Å². The number of amides is 1. The minimum Gasteiger partial charge on any atom is -0.496 e. The number of hydrogen-bond acceptors (Lipinski definition) is 3. The Hall–Kier alpha value is -2.49. The molecular formula is C21H25NO3. The lowest BCUT2D eigenvalue weighted by Crippen LogP contribution is -2.32. The van der Waals surface area contributed by atoms with Crippen molar-refractivity contribution in [1.82, 2.24) is 5.32 Å². The molecule has 0 unspecified atom stereocenters. The Morgan fingerprint density at radius 2 is 1.96 bits per heavy atom. The Bertz CT molecular complexity index is 736. The molecule has 1 aliphatic carbocycles. The summed E-state index contributed by atoms with van der Waals surface area (Å²) in [6.45, 7) is 2.39. The molecule has 0 aromatic heterocycles. The van der Waals surface area contributed by atoms with Gasteiger partial charge in [0.05, 0.1) is 7.11 Å². The molecule has 0 heterocycles. The molecule has 0 spiro atoms. The first-order valence-corrected chi connectivity index (χ1v) is 8.83. The maximum absolute atomic E-state index is 12.5. The van der Waals surface area contributed by atoms with Crippen LogP contribution in [0.15, 0.2) is 42.5 Å². The van der Waals surface area contributed by atoms with Crippen LogP contribution in [0.2, 0.25) is 0 Å². The summed E-state index contributed by atoms with van der Waals surface area (Å²) in [4.78, 5) is 12.5. The van der Waals surface area contributed by atoms with Crippen molar-refractivity contribution >= 4 is 5.91 Å². The van der Waals surface area contributed by atoms with E-state index >= 15 is 0 Å². The Labute approximate surface area is 149 Å². The second kappa shape index (κ2) is 8.06. The Kier molecular flexibility index (Phi) is 5.59. The molecule has 0 bridgehead atoms. The summed E-state index contributed by atoms with van der Waals surface area (Å²) in [6.07, 6.45) is 4.54. The lowest BCUT2D eigenvalue weighted by atomic mass is 10.1. The largest absolute Gasteiger partial charge is 0.496 e. The Balaban J connectivity index is 1.71. The number of ether oxygens (including phenoxy) is 2. The molecule has 132 valence electrons. The quantitative estimate of drug-likeness (QED) is 0.855. The highest BCUT2D eigenvalue weighted by atomic mass is 16.5. The molecule has 1 aliphatic rings. The average Bonchev–Trinajstić information content (AvgIpc) is 3.12. The first-order chi connectivity index (χ1) is 12.2. The number of hydrogen-bond donors (Lipinski definition) is 1. The molecule has 2 aromatic carbocycles. The van der Waals surface area contributed by atoms with Gasteiger partial charge >= 0.3 is 0 Å². The van der Waals surface area contributed by atoms with Crippen LogP contribution in [0.4, 0.5) is 0 Å². The zero-order valence-electron chi connectivity index (χ0n) is 14.9. The summed E-state index contributed by atoms with van der Waals surface area (Å²) in [5.74, 6) is 1.51. The summed E-state index contributed by atoms with van der Waals surface area (Å²) in [7, 11) is 1.63. The van der Waals surface area contributed by atoms with E-state index in [1.54, 1.807) is 13.2 Å². The minimum atomic E-state index is -0.0219. The van der Waals surface area contributed by atoms with E-state index in [-0.39, 0.29) is 5.91 Å². The minimum absolute atomic E-state index is 0.0219. The van der Waals surface area contributed by atoms with E-state index < -0.39 is 0 Å². The van der Waals surface area contributed by atoms with Crippen molar-refractivity contribution in [1.29, 1.82) is 0 Å². The summed E-state index contributed by atoms with van der Waals surface area (Å²) in [6, 6.07) is 13.7. The van der Waals surface area contributed by atoms with Crippen molar-refractivity contribution < 1.29 is 14.3 Å². The van der Waals surface area contributed by atoms with Crippen LogP contribution in [-0.2, 0) is 6.61 Å². The van der Waals surface area contributed by atoms with Gasteiger partial charge in [0.2, 0.25) is 0 Å². The fourth-order valence-corrected chi connectivity index (χ4v) is 3.24. The predicted octanol–water partition coefficient (Wildman–Crippen LogP) is 4.26. The third kappa shape index (κ3) is 4.53. The molecule has 2 aromatic rings. The second-order valence-electron chi connectivity index (χ2n) is 6.59. The molecule has 0 aliphatic heterocycles. The highest BCUT2D eigenvalue weighted by Gasteiger charge is 2.18. The van der Waals surface area contributed by atoms with E-state index in [4.69, 9.17) is 9.47 Å². The number of nitrogens with one attached hydrogen (secondary N) is 1. The van der Waals surface area contributed by atoms with Gasteiger partial charge in [0, 0.05) is 17.2 Å². The highest BCUT2D eigenvalue weighted by molar-refractivity contribution is 5.94. The van der Waals surface area contributed by atoms with Crippen LogP contribution in [0.3, 0.4) is 0 Å². The first kappa shape index (κ1) is 17.3. The second-order valence-corrected chi connectivity index (χ2v) is 6.59. The lowest BCUT2D eigenvalue weighted by molar-refractivity contribution is 0.0937. The summed E-state index contributed by atoms with van der Waals surface area (Å²) in [5.41, 5.74) is 2.66. The molecule has 0 atom stereocenters. The smallest absolute Gasteiger partial charge is 0.251 e. The number of rotatable bonds is 6. The van der Waals surface area contributed by atoms with Crippen molar-refractivity contribution in [3.63, 3.8) is 0 Å². The molecule has 1 saturated carbocycles. The lowest BCUT2D eigenvalue weighted by Gasteiger charge is -2.15. The van der Waals surface area contributed by atoms with Gasteiger partial charge in [-0.15, -0.1) is 0 Å². The fourth-order valence-electron chi connectivity index (χ4n) is 3.24. The standard InChI is InChI=1S/C21H25NO3/c1-15-6-5-9-19(12-15)25-14-17-13-16(10-11-20(17)24-2)21(23)22-18-7-3-4-8-18/h5-6,9-13,18H,3-4,7-8,14H2,1-2H3,(H,22,23). The maximum atomic E-state index is 12.5. The first-order valence-electron chi connectivity index (χ1n) is 8.83. The van der Waals surface area contributed by atoms with E-state index in [1.807, 2.05) is 43.3 Å². The number of methoxy groups -OCH3 is 1. The normalized spacial score (nSPS) is 14.3. The molecule has 1 N–H and O–H groups in total. The number of aryl methyl sites for hydroxylation is 1. The molecule has 3 rings (SSSR count). The van der Waals surface area contributed by atoms with Crippen LogP contribution < -0.4 is 14.8 Å². The van der Waals surface area contributed by atoms with Crippen LogP contribution in [0.25, 0.3) is 0 Å². The van der Waals surface area contributed by atoms with E-state index in [0.717, 1.165) is 35.5 Å². The molecular weight excluding hydrogens is 314 g/mol. The highest BCUT2D eigenvalue weighted by Crippen LogP contribution is 2.24. The van der Waals surface area contributed by atoms with Gasteiger partial charge in [-0.25, -0.2) is 0 Å². The molecule has 1 amide bonds. The third-order valence-electron chi connectivity index (χ3n) is 4.62. The van der Waals surface area contributed by atoms with Gasteiger partial charge in [-0.2, -0.15) is 0 Å². The van der Waals surface area contributed by atoms with Crippen LogP contribution in [0.1, 0.15) is 47.2 Å². The topological polar surface area (TPSA) is 47.6 Å². The van der Waals surface area contributed by atoms with Crippen LogP contribution >= 0.6 is 0 Å². The van der Waals surface area contributed by atoms with Crippen LogP contribution in [-0.4, -0.2) is 19.1 Å². The van der Waals surface area contributed by atoms with Crippen molar-refractivity contribution in [3.05, 3.63) is 59.2 Å². The van der Waals surface area contributed by atoms with Gasteiger partial charge in [0.1, 0.15) is 18.1 Å². The van der Waals surface area contributed by atoms with E-state index in [0.29, 0.717) is 18.2 Å². The molecule has 1 fully saturated rings. The third-order valence-corrected chi connectivity index (χ3v) is 4.62. The van der Waals surface area contributed by atoms with Gasteiger partial charge in [0.15, 0.2) is 0 Å². The number of benzene rings is 2. The van der Waals surface area contributed by atoms with Crippen LogP contribution in [0, 0.1) is 6.92 Å². The number of carbonyl (C=O) groups is 1. The predicted molar refractivity (Wildman–Crippen MR) is 98.2 cm³/mol. The maximum Gasteiger partial charge on any atom is 0.251 e. The molecule has 0 saturated heterocycles. The SMILES string of the molecule is COc1ccc(C(=O)NC2CCCC2)cc1COc1cccc(C)c1. The van der Waals surface area contributed by atoms with Crippen molar-refractivity contribution in [2.75, 3.05) is 7.11 Å². The monoisotopic (exact) mass is 339 g/mol. The Morgan fingerprint density at radius 1 is 1.16 bits per heavy atom. The molecule has 0 radical (unpaired) electrons. The van der Waals surface area contributed by atoms with Crippen LogP contribution in [0.5, 0.6) is 11.5 Å². The average molecular weight is 339 g/mol. The van der Waals surface area contributed by atoms with Gasteiger partial charge in [0.25, 0.3) is 5.91 Å². The van der Waals surface area contributed by atoms with Gasteiger partial charge in [-0.3, -0.25) is 4.79 Å². The summed E-state index contributed by atoms with van der Waals surface area (Å²) >= 11 is 0. The van der Waals surface area contributed by atoms with Gasteiger partial charge in [-0.05, 0) is 55.7 Å². The summed E-state index contributed by atoms with van der Waals surface area (Å²) < 4.78 is 11.3. The van der Waals surface area contributed by atoms with Crippen molar-refractivity contribution in [2.24, 2.45) is 0 Å².